The van der Waals surface area contributed by atoms with Gasteiger partial charge >= 0.3 is 0 Å². The maximum atomic E-state index is 12.6. The number of rotatable bonds is 5. The molecule has 8 nitrogen and oxygen atoms in total. The second-order valence-corrected chi connectivity index (χ2v) is 9.62. The number of halogens is 2. The summed E-state index contributed by atoms with van der Waals surface area (Å²) in [6.07, 6.45) is 1.59. The van der Waals surface area contributed by atoms with Crippen molar-refractivity contribution < 1.29 is 14.4 Å². The first-order chi connectivity index (χ1) is 14.9. The van der Waals surface area contributed by atoms with E-state index in [1.807, 2.05) is 24.3 Å². The number of carbonyl (C=O) groups is 3. The summed E-state index contributed by atoms with van der Waals surface area (Å²) < 4.78 is 3.66. The van der Waals surface area contributed by atoms with Crippen LogP contribution in [0.5, 0.6) is 0 Å². The highest BCUT2D eigenvalue weighted by Crippen LogP contribution is 2.39. The second kappa shape index (κ2) is 7.74. The lowest BCUT2D eigenvalue weighted by Crippen LogP contribution is -2.29. The van der Waals surface area contributed by atoms with Crippen molar-refractivity contribution in [2.75, 3.05) is 4.90 Å². The zero-order valence-electron chi connectivity index (χ0n) is 15.6. The summed E-state index contributed by atoms with van der Waals surface area (Å²) in [5.41, 5.74) is 2.06. The van der Waals surface area contributed by atoms with Crippen molar-refractivity contribution in [3.05, 3.63) is 67.8 Å². The number of benzene rings is 2. The number of fused-ring (bicyclic) bond motifs is 2. The maximum absolute atomic E-state index is 12.6. The lowest BCUT2D eigenvalue weighted by molar-refractivity contribution is -0.114. The van der Waals surface area contributed by atoms with Gasteiger partial charge in [0.05, 0.1) is 34.2 Å². The third-order valence-corrected chi connectivity index (χ3v) is 6.87. The van der Waals surface area contributed by atoms with Gasteiger partial charge in [-0.05, 0) is 40.2 Å². The number of amides is 1. The van der Waals surface area contributed by atoms with Gasteiger partial charge < -0.3 is 0 Å². The highest BCUT2D eigenvalue weighted by Gasteiger charge is 2.38. The van der Waals surface area contributed by atoms with Crippen molar-refractivity contribution >= 4 is 76.6 Å². The van der Waals surface area contributed by atoms with Crippen molar-refractivity contribution in [3.63, 3.8) is 0 Å². The van der Waals surface area contributed by atoms with Gasteiger partial charge in [-0.3, -0.25) is 19.3 Å². The molecule has 1 amide bonds. The van der Waals surface area contributed by atoms with Crippen LogP contribution in [-0.4, -0.2) is 37.5 Å². The SMILES string of the molecule is O=C(Cn1cc(CN2C(=O)C(=O)c3cc(Br)cc(Br)c32)nn1)c1nc2ccccc2s1. The molecule has 0 radical (unpaired) electrons. The average Bonchev–Trinajstić information content (AvgIpc) is 3.42. The molecule has 4 aromatic rings. The summed E-state index contributed by atoms with van der Waals surface area (Å²) in [7, 11) is 0. The Kier molecular flexibility index (Phi) is 5.03. The van der Waals surface area contributed by atoms with Gasteiger partial charge in [0, 0.05) is 8.95 Å². The second-order valence-electron chi connectivity index (χ2n) is 6.82. The first-order valence-electron chi connectivity index (χ1n) is 9.04. The molecule has 0 saturated carbocycles. The molecule has 2 aromatic carbocycles. The molecule has 3 heterocycles. The van der Waals surface area contributed by atoms with E-state index in [2.05, 4.69) is 47.2 Å². The number of anilines is 1. The molecule has 0 bridgehead atoms. The van der Waals surface area contributed by atoms with Gasteiger partial charge in [-0.25, -0.2) is 9.67 Å². The van der Waals surface area contributed by atoms with Crippen LogP contribution in [0.3, 0.4) is 0 Å². The number of aromatic nitrogens is 4. The summed E-state index contributed by atoms with van der Waals surface area (Å²) in [5, 5.41) is 8.46. The summed E-state index contributed by atoms with van der Waals surface area (Å²) in [5.74, 6) is -1.38. The molecule has 11 heteroatoms. The van der Waals surface area contributed by atoms with Crippen LogP contribution >= 0.6 is 43.2 Å². The Labute approximate surface area is 196 Å². The Morgan fingerprint density at radius 3 is 2.74 bits per heavy atom. The number of ketones is 2. The van der Waals surface area contributed by atoms with E-state index in [0.29, 0.717) is 30.9 Å². The van der Waals surface area contributed by atoms with Gasteiger partial charge in [-0.1, -0.05) is 33.3 Å². The molecule has 0 aliphatic carbocycles. The Balaban J connectivity index is 1.35. The fourth-order valence-electron chi connectivity index (χ4n) is 3.36. The molecule has 154 valence electrons. The third-order valence-electron chi connectivity index (χ3n) is 4.73. The summed E-state index contributed by atoms with van der Waals surface area (Å²) in [4.78, 5) is 43.2. The molecule has 0 unspecified atom stereocenters. The summed E-state index contributed by atoms with van der Waals surface area (Å²) >= 11 is 8.08. The van der Waals surface area contributed by atoms with Crippen molar-refractivity contribution in [3.8, 4) is 0 Å². The van der Waals surface area contributed by atoms with Crippen molar-refractivity contribution in [1.82, 2.24) is 20.0 Å². The number of thiazole rings is 1. The highest BCUT2D eigenvalue weighted by atomic mass is 79.9. The molecule has 0 fully saturated rings. The number of hydrogen-bond acceptors (Lipinski definition) is 7. The van der Waals surface area contributed by atoms with Crippen LogP contribution < -0.4 is 4.90 Å². The summed E-state index contributed by atoms with van der Waals surface area (Å²) in [6, 6.07) is 10.9. The predicted octanol–water partition coefficient (Wildman–Crippen LogP) is 4.03. The number of carbonyl (C=O) groups excluding carboxylic acids is 3. The van der Waals surface area contributed by atoms with Gasteiger partial charge in [0.1, 0.15) is 12.2 Å². The van der Waals surface area contributed by atoms with Crippen LogP contribution in [0.2, 0.25) is 0 Å². The smallest absolute Gasteiger partial charge is 0.297 e. The predicted molar refractivity (Wildman–Crippen MR) is 121 cm³/mol. The van der Waals surface area contributed by atoms with E-state index in [1.165, 1.54) is 20.9 Å². The van der Waals surface area contributed by atoms with Crippen LogP contribution in [0.1, 0.15) is 25.9 Å². The van der Waals surface area contributed by atoms with E-state index in [9.17, 15) is 14.4 Å². The van der Waals surface area contributed by atoms with Crippen molar-refractivity contribution in [1.29, 1.82) is 0 Å². The van der Waals surface area contributed by atoms with Crippen LogP contribution in [0, 0.1) is 0 Å². The normalized spacial score (nSPS) is 13.3. The van der Waals surface area contributed by atoms with Gasteiger partial charge in [0.15, 0.2) is 5.01 Å². The van der Waals surface area contributed by atoms with Crippen LogP contribution in [0.25, 0.3) is 10.2 Å². The molecule has 0 N–H and O–H groups in total. The Morgan fingerprint density at radius 2 is 1.94 bits per heavy atom. The minimum absolute atomic E-state index is 0.0209. The van der Waals surface area contributed by atoms with E-state index in [4.69, 9.17) is 0 Å². The van der Waals surface area contributed by atoms with Crippen molar-refractivity contribution in [2.24, 2.45) is 0 Å². The fourth-order valence-corrected chi connectivity index (χ4v) is 5.69. The largest absolute Gasteiger partial charge is 0.299 e. The van der Waals surface area contributed by atoms with Gasteiger partial charge in [0.25, 0.3) is 11.7 Å². The van der Waals surface area contributed by atoms with Crippen LogP contribution in [-0.2, 0) is 17.9 Å². The lowest BCUT2D eigenvalue weighted by Gasteiger charge is -2.16. The molecule has 31 heavy (non-hydrogen) atoms. The molecule has 1 aliphatic rings. The molecule has 0 saturated heterocycles. The standard InChI is InChI=1S/C20H11Br2N5O3S/c21-10-5-12-17(13(22)6-10)27(20(30)18(12)29)8-11-7-26(25-24-11)9-15(28)19-23-14-3-1-2-4-16(14)31-19/h1-7H,8-9H2. The minimum atomic E-state index is -0.631. The van der Waals surface area contributed by atoms with E-state index in [1.54, 1.807) is 18.3 Å². The Bertz CT molecular complexity index is 1360. The quantitative estimate of drug-likeness (QED) is 0.270. The van der Waals surface area contributed by atoms with E-state index in [0.717, 1.165) is 10.2 Å². The highest BCUT2D eigenvalue weighted by molar-refractivity contribution is 9.11. The fraction of sp³-hybridized carbons (Fsp3) is 0.100. The zero-order valence-corrected chi connectivity index (χ0v) is 19.6. The zero-order chi connectivity index (χ0) is 21.7. The molecule has 0 atom stereocenters. The topological polar surface area (TPSA) is 98.1 Å². The number of hydrogen-bond donors (Lipinski definition) is 0. The van der Waals surface area contributed by atoms with Gasteiger partial charge in [-0.15, -0.1) is 16.4 Å². The Hall–Kier alpha value is -2.76. The lowest BCUT2D eigenvalue weighted by atomic mass is 10.1. The molecule has 0 spiro atoms. The Morgan fingerprint density at radius 1 is 1.13 bits per heavy atom. The molecular weight excluding hydrogens is 550 g/mol. The third kappa shape index (κ3) is 3.62. The molecular formula is C20H11Br2N5O3S. The number of nitrogens with zero attached hydrogens (tertiary/aromatic N) is 5. The maximum Gasteiger partial charge on any atom is 0.299 e. The van der Waals surface area contributed by atoms with Crippen LogP contribution in [0.4, 0.5) is 5.69 Å². The first-order valence-corrected chi connectivity index (χ1v) is 11.4. The monoisotopic (exact) mass is 559 g/mol. The van der Waals surface area contributed by atoms with Gasteiger partial charge in [-0.2, -0.15) is 0 Å². The number of Topliss-reactive ketones (excluding diaryl/α,β-unsaturated/α-hetero) is 2. The van der Waals surface area contributed by atoms with E-state index in [-0.39, 0.29) is 18.9 Å². The van der Waals surface area contributed by atoms with E-state index >= 15 is 0 Å². The van der Waals surface area contributed by atoms with Crippen molar-refractivity contribution in [2.45, 2.75) is 13.1 Å². The van der Waals surface area contributed by atoms with E-state index < -0.39 is 11.7 Å². The van der Waals surface area contributed by atoms with Crippen LogP contribution in [0.15, 0.2) is 51.5 Å². The molecule has 1 aliphatic heterocycles. The number of para-hydroxylation sites is 1. The molecule has 2 aromatic heterocycles. The molecule has 5 rings (SSSR count). The first kappa shape index (κ1) is 20.2. The van der Waals surface area contributed by atoms with Gasteiger partial charge in [0.2, 0.25) is 5.78 Å². The summed E-state index contributed by atoms with van der Waals surface area (Å²) in [6.45, 7) is 0.0417. The average molecular weight is 561 g/mol. The minimum Gasteiger partial charge on any atom is -0.297 e.